The van der Waals surface area contributed by atoms with Crippen LogP contribution in [-0.4, -0.2) is 30.1 Å². The number of hydrogen-bond donors (Lipinski definition) is 2. The molecule has 3 rings (SSSR count). The maximum Gasteiger partial charge on any atom is 0.319 e. The highest BCUT2D eigenvalue weighted by Gasteiger charge is 2.16. The monoisotopic (exact) mass is 434 g/mol. The van der Waals surface area contributed by atoms with E-state index in [0.29, 0.717) is 29.4 Å². The first kappa shape index (κ1) is 22.1. The molecule has 0 unspecified atom stereocenters. The second-order valence-electron chi connectivity index (χ2n) is 6.77. The molecule has 7 heteroatoms. The number of rotatable bonds is 6. The Morgan fingerprint density at radius 3 is 2.61 bits per heavy atom. The first-order valence-corrected chi connectivity index (χ1v) is 10.5. The van der Waals surface area contributed by atoms with Crippen LogP contribution in [0.25, 0.3) is 10.9 Å². The third kappa shape index (κ3) is 5.12. The summed E-state index contributed by atoms with van der Waals surface area (Å²) in [6, 6.07) is 14.9. The first-order chi connectivity index (χ1) is 15.1. The third-order valence-electron chi connectivity index (χ3n) is 4.68. The lowest BCUT2D eigenvalue weighted by molar-refractivity contribution is 0.252. The number of aryl methyl sites for hydroxylation is 1. The third-order valence-corrected chi connectivity index (χ3v) is 4.87. The summed E-state index contributed by atoms with van der Waals surface area (Å²) in [6.45, 7) is 3.23. The summed E-state index contributed by atoms with van der Waals surface area (Å²) in [5.41, 5.74) is 3.62. The molecule has 0 saturated carbocycles. The van der Waals surface area contributed by atoms with E-state index in [2.05, 4.69) is 40.0 Å². The largest absolute Gasteiger partial charge is 0.497 e. The number of nitriles is 1. The van der Waals surface area contributed by atoms with Crippen molar-refractivity contribution in [1.82, 2.24) is 9.88 Å². The van der Waals surface area contributed by atoms with Crippen LogP contribution in [0.15, 0.2) is 42.5 Å². The number of anilines is 1. The fraction of sp³-hybridized carbons (Fsp3) is 0.250. The van der Waals surface area contributed by atoms with Crippen molar-refractivity contribution >= 4 is 34.2 Å². The molecule has 0 aliphatic heterocycles. The summed E-state index contributed by atoms with van der Waals surface area (Å²) >= 11 is 5.56. The lowest BCUT2D eigenvalue weighted by Gasteiger charge is -2.07. The van der Waals surface area contributed by atoms with Crippen molar-refractivity contribution in [2.24, 2.45) is 0 Å². The van der Waals surface area contributed by atoms with Crippen molar-refractivity contribution < 1.29 is 9.53 Å². The Morgan fingerprint density at radius 1 is 1.19 bits per heavy atom. The van der Waals surface area contributed by atoms with Crippen molar-refractivity contribution in [2.45, 2.75) is 19.9 Å². The molecule has 6 nitrogen and oxygen atoms in total. The summed E-state index contributed by atoms with van der Waals surface area (Å²) < 4.78 is 7.42. The van der Waals surface area contributed by atoms with E-state index in [1.165, 1.54) is 0 Å². The molecule has 0 bridgehead atoms. The maximum absolute atomic E-state index is 11.7. The van der Waals surface area contributed by atoms with Crippen LogP contribution in [0.1, 0.15) is 30.2 Å². The van der Waals surface area contributed by atoms with Crippen molar-refractivity contribution in [1.29, 1.82) is 5.26 Å². The Bertz CT molecular complexity index is 1180. The summed E-state index contributed by atoms with van der Waals surface area (Å²) in [6.07, 6.45) is 0.909. The van der Waals surface area contributed by atoms with E-state index in [0.717, 1.165) is 35.2 Å². The van der Waals surface area contributed by atoms with Gasteiger partial charge in [-0.3, -0.25) is 0 Å². The van der Waals surface area contributed by atoms with Crippen LogP contribution in [0.5, 0.6) is 5.75 Å². The molecule has 0 radical (unpaired) electrons. The molecule has 0 atom stereocenters. The van der Waals surface area contributed by atoms with E-state index in [1.54, 1.807) is 19.2 Å². The van der Waals surface area contributed by atoms with E-state index in [-0.39, 0.29) is 6.03 Å². The number of amides is 2. The quantitative estimate of drug-likeness (QED) is 0.436. The SMILES string of the molecule is CCCn1c(C#Cc2ccc(NC(=O)NCCCl)cc2)c(C#N)c2ccc(OC)cc21. The minimum atomic E-state index is -0.308. The van der Waals surface area contributed by atoms with Gasteiger partial charge in [0.2, 0.25) is 0 Å². The number of carbonyl (C=O) groups excluding carboxylic acids is 1. The van der Waals surface area contributed by atoms with Gasteiger partial charge in [-0.15, -0.1) is 11.6 Å². The predicted octanol–water partition coefficient (Wildman–Crippen LogP) is 4.69. The molecule has 0 aliphatic rings. The van der Waals surface area contributed by atoms with E-state index < -0.39 is 0 Å². The molecule has 2 amide bonds. The van der Waals surface area contributed by atoms with E-state index in [4.69, 9.17) is 16.3 Å². The zero-order valence-corrected chi connectivity index (χ0v) is 18.2. The van der Waals surface area contributed by atoms with E-state index >= 15 is 0 Å². The van der Waals surface area contributed by atoms with Crippen molar-refractivity contribution in [3.8, 4) is 23.7 Å². The second kappa shape index (κ2) is 10.4. The van der Waals surface area contributed by atoms with Crippen molar-refractivity contribution in [3.05, 3.63) is 59.3 Å². The molecule has 158 valence electrons. The van der Waals surface area contributed by atoms with Gasteiger partial charge in [-0.2, -0.15) is 5.26 Å². The fourth-order valence-electron chi connectivity index (χ4n) is 3.26. The van der Waals surface area contributed by atoms with E-state index in [9.17, 15) is 10.1 Å². The number of halogens is 1. The number of alkyl halides is 1. The smallest absolute Gasteiger partial charge is 0.319 e. The number of carbonyl (C=O) groups is 1. The molecule has 2 aromatic carbocycles. The van der Waals surface area contributed by atoms with Crippen LogP contribution in [0.3, 0.4) is 0 Å². The van der Waals surface area contributed by atoms with Gasteiger partial charge < -0.3 is 19.9 Å². The van der Waals surface area contributed by atoms with Crippen LogP contribution < -0.4 is 15.4 Å². The Hall–Kier alpha value is -3.61. The normalized spacial score (nSPS) is 10.1. The molecular weight excluding hydrogens is 412 g/mol. The molecule has 31 heavy (non-hydrogen) atoms. The Kier molecular flexibility index (Phi) is 7.43. The molecule has 1 heterocycles. The van der Waals surface area contributed by atoms with Gasteiger partial charge in [-0.05, 0) is 48.7 Å². The minimum absolute atomic E-state index is 0.308. The molecule has 3 aromatic rings. The zero-order valence-electron chi connectivity index (χ0n) is 17.5. The molecular formula is C24H23ClN4O2. The number of ether oxygens (including phenoxy) is 1. The lowest BCUT2D eigenvalue weighted by Crippen LogP contribution is -2.30. The first-order valence-electron chi connectivity index (χ1n) is 9.94. The second-order valence-corrected chi connectivity index (χ2v) is 7.15. The van der Waals surface area contributed by atoms with Crippen LogP contribution in [0.4, 0.5) is 10.5 Å². The molecule has 0 fully saturated rings. The topological polar surface area (TPSA) is 79.1 Å². The molecule has 0 aliphatic carbocycles. The molecule has 0 saturated heterocycles. The van der Waals surface area contributed by atoms with Crippen molar-refractivity contribution in [2.75, 3.05) is 24.9 Å². The van der Waals surface area contributed by atoms with Gasteiger partial charge in [0.05, 0.1) is 18.2 Å². The average Bonchev–Trinajstić information content (AvgIpc) is 3.09. The van der Waals surface area contributed by atoms with Crippen LogP contribution in [0.2, 0.25) is 0 Å². The van der Waals surface area contributed by atoms with Crippen LogP contribution in [-0.2, 0) is 6.54 Å². The summed E-state index contributed by atoms with van der Waals surface area (Å²) in [5.74, 6) is 7.42. The van der Waals surface area contributed by atoms with Gasteiger partial charge in [0, 0.05) is 41.7 Å². The standard InChI is InChI=1S/C24H23ClN4O2/c1-3-14-29-22(21(16-26)20-10-9-19(31-2)15-23(20)29)11-6-17-4-7-18(8-5-17)28-24(30)27-13-12-25/h4-5,7-10,15H,3,12-14H2,1-2H3,(H2,27,28,30). The van der Waals surface area contributed by atoms with Gasteiger partial charge in [0.15, 0.2) is 0 Å². The highest BCUT2D eigenvalue weighted by atomic mass is 35.5. The lowest BCUT2D eigenvalue weighted by atomic mass is 10.1. The number of nitrogens with zero attached hydrogens (tertiary/aromatic N) is 2. The van der Waals surface area contributed by atoms with Gasteiger partial charge >= 0.3 is 6.03 Å². The average molecular weight is 435 g/mol. The van der Waals surface area contributed by atoms with Crippen LogP contribution in [0, 0.1) is 23.2 Å². The van der Waals surface area contributed by atoms with Gasteiger partial charge in [-0.25, -0.2) is 4.79 Å². The molecule has 2 N–H and O–H groups in total. The Labute approximate surface area is 186 Å². The zero-order chi connectivity index (χ0) is 22.2. The summed E-state index contributed by atoms with van der Waals surface area (Å²) in [4.78, 5) is 11.7. The number of methoxy groups -OCH3 is 1. The van der Waals surface area contributed by atoms with Gasteiger partial charge in [0.1, 0.15) is 17.5 Å². The van der Waals surface area contributed by atoms with Gasteiger partial charge in [0.25, 0.3) is 0 Å². The number of fused-ring (bicyclic) bond motifs is 1. The number of nitrogens with one attached hydrogen (secondary N) is 2. The minimum Gasteiger partial charge on any atom is -0.497 e. The number of hydrogen-bond acceptors (Lipinski definition) is 3. The predicted molar refractivity (Wildman–Crippen MR) is 124 cm³/mol. The maximum atomic E-state index is 11.7. The number of benzene rings is 2. The summed E-state index contributed by atoms with van der Waals surface area (Å²) in [7, 11) is 1.63. The highest BCUT2D eigenvalue weighted by molar-refractivity contribution is 6.18. The van der Waals surface area contributed by atoms with Crippen LogP contribution >= 0.6 is 11.6 Å². The Morgan fingerprint density at radius 2 is 1.97 bits per heavy atom. The Balaban J connectivity index is 1.93. The number of urea groups is 1. The molecule has 0 spiro atoms. The number of aromatic nitrogens is 1. The van der Waals surface area contributed by atoms with Crippen molar-refractivity contribution in [3.63, 3.8) is 0 Å². The fourth-order valence-corrected chi connectivity index (χ4v) is 3.35. The summed E-state index contributed by atoms with van der Waals surface area (Å²) in [5, 5.41) is 16.0. The van der Waals surface area contributed by atoms with E-state index in [1.807, 2.05) is 30.3 Å². The molecule has 1 aromatic heterocycles. The van der Waals surface area contributed by atoms with Gasteiger partial charge in [-0.1, -0.05) is 12.8 Å². The highest BCUT2D eigenvalue weighted by Crippen LogP contribution is 2.29.